The van der Waals surface area contributed by atoms with E-state index in [4.69, 9.17) is 0 Å². The number of likely N-dealkylation sites (N-methyl/N-ethyl adjacent to an activating group) is 1. The first-order valence-corrected chi connectivity index (χ1v) is 10.5. The number of anilines is 1. The fraction of sp³-hybridized carbons (Fsp3) is 0.667. The molecule has 6 nitrogen and oxygen atoms in total. The average Bonchev–Trinajstić information content (AvgIpc) is 2.74. The summed E-state index contributed by atoms with van der Waals surface area (Å²) in [6, 6.07) is 10.5. The molecule has 1 aromatic rings. The second kappa shape index (κ2) is 10.5. The lowest BCUT2D eigenvalue weighted by Gasteiger charge is -2.36. The Balaban J connectivity index is 1.25. The van der Waals surface area contributed by atoms with Gasteiger partial charge in [0.25, 0.3) is 0 Å². The molecule has 0 radical (unpaired) electrons. The molecule has 6 heteroatoms. The molecule has 1 aromatic carbocycles. The van der Waals surface area contributed by atoms with Gasteiger partial charge in [-0.05, 0) is 38.1 Å². The average molecular weight is 374 g/mol. The van der Waals surface area contributed by atoms with Gasteiger partial charge in [-0.2, -0.15) is 0 Å². The highest BCUT2D eigenvalue weighted by atomic mass is 16.2. The van der Waals surface area contributed by atoms with Gasteiger partial charge in [0.15, 0.2) is 0 Å². The van der Waals surface area contributed by atoms with Crippen molar-refractivity contribution >= 4 is 11.7 Å². The largest absolute Gasteiger partial charge is 0.368 e. The van der Waals surface area contributed by atoms with Gasteiger partial charge in [0, 0.05) is 64.6 Å². The number of benzene rings is 1. The number of hydrogen-bond acceptors (Lipinski definition) is 4. The van der Waals surface area contributed by atoms with Crippen molar-refractivity contribution in [2.45, 2.75) is 19.8 Å². The maximum Gasteiger partial charge on any atom is 0.317 e. The van der Waals surface area contributed by atoms with Crippen LogP contribution in [0.2, 0.25) is 0 Å². The molecule has 0 aliphatic carbocycles. The molecule has 2 heterocycles. The van der Waals surface area contributed by atoms with Crippen LogP contribution in [0.4, 0.5) is 10.5 Å². The van der Waals surface area contributed by atoms with Crippen LogP contribution in [0.3, 0.4) is 0 Å². The molecule has 2 saturated heterocycles. The van der Waals surface area contributed by atoms with E-state index in [-0.39, 0.29) is 6.03 Å². The molecule has 0 bridgehead atoms. The van der Waals surface area contributed by atoms with Gasteiger partial charge >= 0.3 is 6.03 Å². The predicted octanol–water partition coefficient (Wildman–Crippen LogP) is 1.94. The van der Waals surface area contributed by atoms with Crippen molar-refractivity contribution in [1.82, 2.24) is 20.0 Å². The molecule has 27 heavy (non-hydrogen) atoms. The van der Waals surface area contributed by atoms with Gasteiger partial charge in [-0.3, -0.25) is 0 Å². The lowest BCUT2D eigenvalue weighted by molar-refractivity contribution is 0.135. The first-order valence-electron chi connectivity index (χ1n) is 10.5. The molecule has 150 valence electrons. The molecule has 0 spiro atoms. The Kier molecular flexibility index (Phi) is 7.78. The molecule has 2 aliphatic heterocycles. The first kappa shape index (κ1) is 20.0. The second-order valence-corrected chi connectivity index (χ2v) is 7.52. The number of hydrogen-bond donors (Lipinski definition) is 1. The zero-order valence-electron chi connectivity index (χ0n) is 16.8. The topological polar surface area (TPSA) is 42.1 Å². The SMILES string of the molecule is CCN1CCN(CCCCNC(=O)N2CCN(c3ccccc3)CC2)CC1. The molecule has 2 amide bonds. The van der Waals surface area contributed by atoms with Crippen LogP contribution >= 0.6 is 0 Å². The Bertz CT molecular complexity index is 551. The Morgan fingerprint density at radius 2 is 1.56 bits per heavy atom. The number of nitrogens with zero attached hydrogens (tertiary/aromatic N) is 4. The van der Waals surface area contributed by atoms with E-state index in [2.05, 4.69) is 51.2 Å². The van der Waals surface area contributed by atoms with Gasteiger partial charge < -0.3 is 24.9 Å². The number of carbonyl (C=O) groups excluding carboxylic acids is 1. The Morgan fingerprint density at radius 1 is 0.889 bits per heavy atom. The summed E-state index contributed by atoms with van der Waals surface area (Å²) in [7, 11) is 0. The number of unbranched alkanes of at least 4 members (excludes halogenated alkanes) is 1. The van der Waals surface area contributed by atoms with E-state index in [0.717, 1.165) is 52.1 Å². The van der Waals surface area contributed by atoms with Gasteiger partial charge in [-0.1, -0.05) is 25.1 Å². The number of urea groups is 1. The van der Waals surface area contributed by atoms with Gasteiger partial charge in [-0.25, -0.2) is 4.79 Å². The second-order valence-electron chi connectivity index (χ2n) is 7.52. The number of nitrogens with one attached hydrogen (secondary N) is 1. The maximum atomic E-state index is 12.4. The van der Waals surface area contributed by atoms with Crippen LogP contribution in [-0.2, 0) is 0 Å². The molecule has 2 fully saturated rings. The van der Waals surface area contributed by atoms with Crippen LogP contribution in [0.1, 0.15) is 19.8 Å². The lowest BCUT2D eigenvalue weighted by atomic mass is 10.2. The number of rotatable bonds is 7. The van der Waals surface area contributed by atoms with Crippen molar-refractivity contribution in [2.75, 3.05) is 76.9 Å². The number of carbonyl (C=O) groups is 1. The van der Waals surface area contributed by atoms with E-state index < -0.39 is 0 Å². The third-order valence-electron chi connectivity index (χ3n) is 5.78. The monoisotopic (exact) mass is 373 g/mol. The van der Waals surface area contributed by atoms with E-state index in [9.17, 15) is 4.79 Å². The summed E-state index contributed by atoms with van der Waals surface area (Å²) in [6.07, 6.45) is 2.22. The summed E-state index contributed by atoms with van der Waals surface area (Å²) >= 11 is 0. The van der Waals surface area contributed by atoms with E-state index >= 15 is 0 Å². The molecule has 0 saturated carbocycles. The van der Waals surface area contributed by atoms with Crippen LogP contribution in [0, 0.1) is 0 Å². The third-order valence-corrected chi connectivity index (χ3v) is 5.78. The van der Waals surface area contributed by atoms with E-state index in [1.807, 2.05) is 11.0 Å². The van der Waals surface area contributed by atoms with Crippen molar-refractivity contribution in [3.63, 3.8) is 0 Å². The van der Waals surface area contributed by atoms with E-state index in [0.29, 0.717) is 0 Å². The number of amides is 2. The zero-order valence-corrected chi connectivity index (χ0v) is 16.8. The Hall–Kier alpha value is -1.79. The molecule has 2 aliphatic rings. The fourth-order valence-corrected chi connectivity index (χ4v) is 3.90. The minimum absolute atomic E-state index is 0.0965. The smallest absolute Gasteiger partial charge is 0.317 e. The number of piperazine rings is 2. The third kappa shape index (κ3) is 6.11. The fourth-order valence-electron chi connectivity index (χ4n) is 3.90. The van der Waals surface area contributed by atoms with Crippen LogP contribution < -0.4 is 10.2 Å². The van der Waals surface area contributed by atoms with Gasteiger partial charge in [0.1, 0.15) is 0 Å². The minimum Gasteiger partial charge on any atom is -0.368 e. The van der Waals surface area contributed by atoms with Crippen LogP contribution in [0.5, 0.6) is 0 Å². The van der Waals surface area contributed by atoms with Crippen molar-refractivity contribution in [1.29, 1.82) is 0 Å². The molecule has 0 aromatic heterocycles. The Labute approximate surface area is 164 Å². The zero-order chi connectivity index (χ0) is 18.9. The molecule has 3 rings (SSSR count). The molecule has 0 atom stereocenters. The summed E-state index contributed by atoms with van der Waals surface area (Å²) in [4.78, 5) is 21.7. The highest BCUT2D eigenvalue weighted by molar-refractivity contribution is 5.74. The van der Waals surface area contributed by atoms with E-state index in [1.165, 1.54) is 38.4 Å². The summed E-state index contributed by atoms with van der Waals surface area (Å²) in [6.45, 7) is 13.5. The van der Waals surface area contributed by atoms with E-state index in [1.54, 1.807) is 0 Å². The van der Waals surface area contributed by atoms with Crippen molar-refractivity contribution in [3.05, 3.63) is 30.3 Å². The maximum absolute atomic E-state index is 12.4. The predicted molar refractivity (Wildman–Crippen MR) is 111 cm³/mol. The lowest BCUT2D eigenvalue weighted by Crippen LogP contribution is -2.52. The van der Waals surface area contributed by atoms with Crippen LogP contribution in [0.25, 0.3) is 0 Å². The van der Waals surface area contributed by atoms with Crippen molar-refractivity contribution in [3.8, 4) is 0 Å². The van der Waals surface area contributed by atoms with Gasteiger partial charge in [0.2, 0.25) is 0 Å². The molecular formula is C21H35N5O. The molecule has 0 unspecified atom stereocenters. The number of para-hydroxylation sites is 1. The normalized spacial score (nSPS) is 19.3. The summed E-state index contributed by atoms with van der Waals surface area (Å²) in [5.41, 5.74) is 1.25. The van der Waals surface area contributed by atoms with Crippen LogP contribution in [0.15, 0.2) is 30.3 Å². The highest BCUT2D eigenvalue weighted by Gasteiger charge is 2.21. The van der Waals surface area contributed by atoms with Crippen molar-refractivity contribution in [2.24, 2.45) is 0 Å². The standard InChI is InChI=1S/C21H35N5O/c1-2-23-12-14-24(15-13-23)11-7-6-10-22-21(27)26-18-16-25(17-19-26)20-8-4-3-5-9-20/h3-5,8-9H,2,6-7,10-19H2,1H3,(H,22,27). The quantitative estimate of drug-likeness (QED) is 0.742. The first-order chi connectivity index (χ1) is 13.3. The summed E-state index contributed by atoms with van der Waals surface area (Å²) in [5.74, 6) is 0. The van der Waals surface area contributed by atoms with Gasteiger partial charge in [-0.15, -0.1) is 0 Å². The highest BCUT2D eigenvalue weighted by Crippen LogP contribution is 2.15. The Morgan fingerprint density at radius 3 is 2.22 bits per heavy atom. The summed E-state index contributed by atoms with van der Waals surface area (Å²) < 4.78 is 0. The van der Waals surface area contributed by atoms with Crippen LogP contribution in [-0.4, -0.2) is 92.7 Å². The summed E-state index contributed by atoms with van der Waals surface area (Å²) in [5, 5.41) is 3.10. The van der Waals surface area contributed by atoms with Gasteiger partial charge in [0.05, 0.1) is 0 Å². The molecule has 1 N–H and O–H groups in total. The molecular weight excluding hydrogens is 338 g/mol. The minimum atomic E-state index is 0.0965. The van der Waals surface area contributed by atoms with Crippen molar-refractivity contribution < 1.29 is 4.79 Å².